The smallest absolute Gasteiger partial charge is 0.345 e. The van der Waals surface area contributed by atoms with Gasteiger partial charge in [0.05, 0.1) is 6.61 Å². The number of aliphatic hydroxyl groups is 4. The number of rotatable bonds is 9. The lowest BCUT2D eigenvalue weighted by molar-refractivity contribution is -0.277. The van der Waals surface area contributed by atoms with E-state index in [4.69, 9.17) is 14.2 Å². The Hall–Kier alpha value is -3.88. The molecule has 0 saturated carbocycles. The van der Waals surface area contributed by atoms with Gasteiger partial charge in [-0.1, -0.05) is 12.1 Å². The number of carbonyl (C=O) groups excluding carboxylic acids is 1. The minimum atomic E-state index is -1.71. The van der Waals surface area contributed by atoms with Gasteiger partial charge in [0.1, 0.15) is 24.4 Å². The lowest BCUT2D eigenvalue weighted by Gasteiger charge is -2.39. The third-order valence-electron chi connectivity index (χ3n) is 5.48. The normalized spacial score (nSPS) is 24.5. The number of esters is 1. The molecule has 2 aromatic rings. The van der Waals surface area contributed by atoms with Crippen LogP contribution in [-0.2, 0) is 25.5 Å². The van der Waals surface area contributed by atoms with E-state index in [1.807, 2.05) is 0 Å². The molecule has 0 spiro atoms. The second-order valence-electron chi connectivity index (χ2n) is 8.17. The van der Waals surface area contributed by atoms with Crippen molar-refractivity contribution in [1.29, 1.82) is 0 Å². The number of phenols is 3. The minimum absolute atomic E-state index is 0.226. The van der Waals surface area contributed by atoms with Gasteiger partial charge in [0.25, 0.3) is 0 Å². The van der Waals surface area contributed by atoms with Gasteiger partial charge in [0, 0.05) is 12.5 Å². The quantitative estimate of drug-likeness (QED) is 0.115. The molecule has 3 rings (SSSR count). The fourth-order valence-electron chi connectivity index (χ4n) is 3.45. The number of aromatic hydroxyl groups is 3. The Kier molecular flexibility index (Phi) is 8.91. The first kappa shape index (κ1) is 27.7. The number of carboxylic acid groups (broad SMARTS) is 1. The number of aliphatic hydroxyl groups excluding tert-OH is 4. The molecule has 0 amide bonds. The van der Waals surface area contributed by atoms with Crippen LogP contribution in [0, 0.1) is 0 Å². The monoisotopic (exact) mass is 522 g/mol. The van der Waals surface area contributed by atoms with Gasteiger partial charge in [-0.2, -0.15) is 0 Å². The van der Waals surface area contributed by atoms with Crippen molar-refractivity contribution in [1.82, 2.24) is 0 Å². The largest absolute Gasteiger partial charge is 0.504 e. The third kappa shape index (κ3) is 6.87. The highest BCUT2D eigenvalue weighted by atomic mass is 16.7. The lowest BCUT2D eigenvalue weighted by Crippen LogP contribution is -2.60. The predicted octanol–water partition coefficient (Wildman–Crippen LogP) is -0.766. The molecule has 1 aliphatic heterocycles. The molecule has 0 aromatic heterocycles. The number of hydrogen-bond acceptors (Lipinski definition) is 12. The summed E-state index contributed by atoms with van der Waals surface area (Å²) in [7, 11) is 0. The van der Waals surface area contributed by atoms with Crippen molar-refractivity contribution in [2.45, 2.75) is 43.2 Å². The zero-order valence-corrected chi connectivity index (χ0v) is 19.1. The molecule has 1 saturated heterocycles. The van der Waals surface area contributed by atoms with Crippen LogP contribution in [0.4, 0.5) is 0 Å². The van der Waals surface area contributed by atoms with E-state index in [2.05, 4.69) is 0 Å². The Labute approximate surface area is 209 Å². The lowest BCUT2D eigenvalue weighted by atomic mass is 9.99. The van der Waals surface area contributed by atoms with Crippen molar-refractivity contribution in [2.24, 2.45) is 0 Å². The van der Waals surface area contributed by atoms with Crippen LogP contribution in [0.2, 0.25) is 0 Å². The Morgan fingerprint density at radius 3 is 2.30 bits per heavy atom. The Balaban J connectivity index is 1.68. The molecule has 6 atom stereocenters. The van der Waals surface area contributed by atoms with Gasteiger partial charge in [0.2, 0.25) is 12.4 Å². The van der Waals surface area contributed by atoms with Gasteiger partial charge < -0.3 is 55.1 Å². The van der Waals surface area contributed by atoms with Crippen LogP contribution in [0.25, 0.3) is 6.08 Å². The first-order chi connectivity index (χ1) is 17.5. The van der Waals surface area contributed by atoms with Gasteiger partial charge in [0.15, 0.2) is 23.0 Å². The van der Waals surface area contributed by atoms with Gasteiger partial charge in [-0.25, -0.2) is 9.59 Å². The van der Waals surface area contributed by atoms with Crippen LogP contribution in [0.15, 0.2) is 42.5 Å². The number of aliphatic carboxylic acids is 1. The summed E-state index contributed by atoms with van der Waals surface area (Å²) < 4.78 is 15.6. The van der Waals surface area contributed by atoms with Gasteiger partial charge >= 0.3 is 11.9 Å². The topological polar surface area (TPSA) is 224 Å². The minimum Gasteiger partial charge on any atom is -0.504 e. The standard InChI is InChI=1S/C24H26O13/c25-10-18-20(30)21(31)22(32)24(37-18)36-16-8-11(1-5-14(16)27)3-6-19(29)35-17(23(33)34)9-12-2-4-13(26)15(28)7-12/h1-8,17-18,20-22,24-28,30-32H,9-10H2,(H,33,34)/t17-,18-,20-,21+,22-,24+/m1/s1. The highest BCUT2D eigenvalue weighted by Gasteiger charge is 2.44. The summed E-state index contributed by atoms with van der Waals surface area (Å²) in [5.41, 5.74) is 0.581. The summed E-state index contributed by atoms with van der Waals surface area (Å²) >= 11 is 0. The molecule has 200 valence electrons. The van der Waals surface area contributed by atoms with Crippen molar-refractivity contribution in [2.75, 3.05) is 6.61 Å². The van der Waals surface area contributed by atoms with Gasteiger partial charge in [-0.15, -0.1) is 0 Å². The van der Waals surface area contributed by atoms with Crippen LogP contribution < -0.4 is 4.74 Å². The average Bonchev–Trinajstić information content (AvgIpc) is 2.86. The maximum Gasteiger partial charge on any atom is 0.345 e. The third-order valence-corrected chi connectivity index (χ3v) is 5.48. The maximum absolute atomic E-state index is 12.2. The van der Waals surface area contributed by atoms with Crippen molar-refractivity contribution in [3.8, 4) is 23.0 Å². The van der Waals surface area contributed by atoms with Gasteiger partial charge in [-0.3, -0.25) is 0 Å². The van der Waals surface area contributed by atoms with Crippen molar-refractivity contribution < 1.29 is 64.7 Å². The van der Waals surface area contributed by atoms with Crippen LogP contribution in [0.1, 0.15) is 11.1 Å². The molecule has 0 bridgehead atoms. The molecule has 1 aliphatic rings. The van der Waals surface area contributed by atoms with E-state index in [0.717, 1.165) is 12.1 Å². The molecule has 13 heteroatoms. The van der Waals surface area contributed by atoms with Crippen molar-refractivity contribution in [3.63, 3.8) is 0 Å². The van der Waals surface area contributed by atoms with Crippen molar-refractivity contribution in [3.05, 3.63) is 53.6 Å². The highest BCUT2D eigenvalue weighted by Crippen LogP contribution is 2.31. The van der Waals surface area contributed by atoms with E-state index >= 15 is 0 Å². The van der Waals surface area contributed by atoms with Crippen molar-refractivity contribution >= 4 is 18.0 Å². The zero-order valence-electron chi connectivity index (χ0n) is 19.1. The second-order valence-corrected chi connectivity index (χ2v) is 8.17. The molecule has 0 radical (unpaired) electrons. The summed E-state index contributed by atoms with van der Waals surface area (Å²) in [5.74, 6) is -3.91. The van der Waals surface area contributed by atoms with Crippen LogP contribution in [0.3, 0.4) is 0 Å². The number of carbonyl (C=O) groups is 2. The summed E-state index contributed by atoms with van der Waals surface area (Å²) in [6.07, 6.45) is -7.49. The van der Waals surface area contributed by atoms with Gasteiger partial charge in [-0.05, 0) is 41.5 Å². The summed E-state index contributed by atoms with van der Waals surface area (Å²) in [5, 5.41) is 77.5. The first-order valence-corrected chi connectivity index (χ1v) is 10.9. The SMILES string of the molecule is O=C(C=Cc1ccc(O)c(O[C@H]2O[C@H](CO)[C@@H](O)[C@H](O)[C@H]2O)c1)O[C@H](Cc1ccc(O)c(O)c1)C(=O)O. The van der Waals surface area contributed by atoms with Crippen LogP contribution in [-0.4, -0.2) is 96.2 Å². The zero-order chi connectivity index (χ0) is 27.3. The molecule has 13 nitrogen and oxygen atoms in total. The first-order valence-electron chi connectivity index (χ1n) is 10.9. The number of phenolic OH excluding ortho intramolecular Hbond substituents is 3. The molecule has 0 unspecified atom stereocenters. The molecule has 1 heterocycles. The Bertz CT molecular complexity index is 1150. The molecule has 1 fully saturated rings. The van der Waals surface area contributed by atoms with E-state index in [0.29, 0.717) is 5.56 Å². The molecule has 2 aromatic carbocycles. The van der Waals surface area contributed by atoms with E-state index in [-0.39, 0.29) is 29.2 Å². The molecule has 0 aliphatic carbocycles. The number of hydrogen-bond donors (Lipinski definition) is 8. The maximum atomic E-state index is 12.2. The van der Waals surface area contributed by atoms with E-state index in [9.17, 15) is 50.4 Å². The fraction of sp³-hybridized carbons (Fsp3) is 0.333. The Morgan fingerprint density at radius 2 is 1.65 bits per heavy atom. The molecular formula is C24H26O13. The Morgan fingerprint density at radius 1 is 0.946 bits per heavy atom. The van der Waals surface area contributed by atoms with E-state index in [1.54, 1.807) is 0 Å². The number of carboxylic acids is 1. The predicted molar refractivity (Wildman–Crippen MR) is 123 cm³/mol. The number of benzene rings is 2. The highest BCUT2D eigenvalue weighted by molar-refractivity contribution is 5.89. The summed E-state index contributed by atoms with van der Waals surface area (Å²) in [4.78, 5) is 23.7. The molecule has 37 heavy (non-hydrogen) atoms. The molecular weight excluding hydrogens is 496 g/mol. The number of ether oxygens (including phenoxy) is 3. The summed E-state index contributed by atoms with van der Waals surface area (Å²) in [6.45, 7) is -0.674. The van der Waals surface area contributed by atoms with Crippen LogP contribution in [0.5, 0.6) is 23.0 Å². The van der Waals surface area contributed by atoms with E-state index < -0.39 is 61.1 Å². The summed E-state index contributed by atoms with van der Waals surface area (Å²) in [6, 6.07) is 7.49. The van der Waals surface area contributed by atoms with Crippen LogP contribution >= 0.6 is 0 Å². The fourth-order valence-corrected chi connectivity index (χ4v) is 3.45. The second kappa shape index (κ2) is 11.9. The average molecular weight is 522 g/mol. The molecule has 8 N–H and O–H groups in total. The van der Waals surface area contributed by atoms with E-state index in [1.165, 1.54) is 36.4 Å².